The third kappa shape index (κ3) is 3.10. The van der Waals surface area contributed by atoms with Crippen molar-refractivity contribution in [2.45, 2.75) is 27.2 Å². The molecule has 0 spiro atoms. The van der Waals surface area contributed by atoms with Crippen molar-refractivity contribution in [2.75, 3.05) is 23.4 Å². The van der Waals surface area contributed by atoms with Gasteiger partial charge in [0, 0.05) is 18.7 Å². The molecule has 1 aromatic carbocycles. The molecule has 0 aliphatic carbocycles. The molecule has 1 N–H and O–H groups in total. The number of likely N-dealkylation sites (N-methyl/N-ethyl adjacent to an activating group) is 1. The standard InChI is InChI=1S/C15H20N2O3/c1-4-17-12-8-11(16-14(18)7-10(2)3)5-6-13(12)20-9-15(17)19/h5-6,8,10H,4,7,9H2,1-3H3,(H,16,18). The minimum absolute atomic E-state index is 0.0222. The lowest BCUT2D eigenvalue weighted by Crippen LogP contribution is -2.38. The number of hydrogen-bond acceptors (Lipinski definition) is 3. The van der Waals surface area contributed by atoms with Gasteiger partial charge in [0.2, 0.25) is 5.91 Å². The van der Waals surface area contributed by atoms with Gasteiger partial charge in [-0.1, -0.05) is 13.8 Å². The molecule has 20 heavy (non-hydrogen) atoms. The van der Waals surface area contributed by atoms with Gasteiger partial charge in [0.25, 0.3) is 5.91 Å². The van der Waals surface area contributed by atoms with Gasteiger partial charge < -0.3 is 15.0 Å². The van der Waals surface area contributed by atoms with Crippen molar-refractivity contribution in [3.63, 3.8) is 0 Å². The van der Waals surface area contributed by atoms with E-state index in [4.69, 9.17) is 4.74 Å². The average Bonchev–Trinajstić information content (AvgIpc) is 2.37. The summed E-state index contributed by atoms with van der Waals surface area (Å²) in [4.78, 5) is 25.2. The first-order chi connectivity index (χ1) is 9.51. The molecule has 1 aliphatic heterocycles. The van der Waals surface area contributed by atoms with Gasteiger partial charge in [-0.25, -0.2) is 0 Å². The maximum atomic E-state index is 11.8. The predicted molar refractivity (Wildman–Crippen MR) is 78.0 cm³/mol. The number of amides is 2. The molecule has 0 fully saturated rings. The second-order valence-corrected chi connectivity index (χ2v) is 5.26. The Balaban J connectivity index is 2.20. The third-order valence-corrected chi connectivity index (χ3v) is 3.10. The highest BCUT2D eigenvalue weighted by molar-refractivity contribution is 5.99. The van der Waals surface area contributed by atoms with Crippen LogP contribution in [0.4, 0.5) is 11.4 Å². The Kier molecular flexibility index (Phi) is 4.27. The number of fused-ring (bicyclic) bond motifs is 1. The first-order valence-electron chi connectivity index (χ1n) is 6.88. The second-order valence-electron chi connectivity index (χ2n) is 5.26. The van der Waals surface area contributed by atoms with Crippen LogP contribution in [0.5, 0.6) is 5.75 Å². The van der Waals surface area contributed by atoms with E-state index in [0.29, 0.717) is 36.0 Å². The van der Waals surface area contributed by atoms with Crippen LogP contribution >= 0.6 is 0 Å². The normalized spacial score (nSPS) is 14.0. The largest absolute Gasteiger partial charge is 0.482 e. The fraction of sp³-hybridized carbons (Fsp3) is 0.467. The molecule has 0 radical (unpaired) electrons. The van der Waals surface area contributed by atoms with Gasteiger partial charge in [-0.2, -0.15) is 0 Å². The van der Waals surface area contributed by atoms with Crippen LogP contribution in [0.15, 0.2) is 18.2 Å². The fourth-order valence-electron chi connectivity index (χ4n) is 2.21. The molecule has 5 heteroatoms. The summed E-state index contributed by atoms with van der Waals surface area (Å²) in [6, 6.07) is 5.37. The van der Waals surface area contributed by atoms with E-state index in [9.17, 15) is 9.59 Å². The van der Waals surface area contributed by atoms with Crippen molar-refractivity contribution < 1.29 is 14.3 Å². The Morgan fingerprint density at radius 3 is 2.85 bits per heavy atom. The zero-order valence-corrected chi connectivity index (χ0v) is 12.1. The molecule has 1 aliphatic rings. The lowest BCUT2D eigenvalue weighted by Gasteiger charge is -2.28. The first kappa shape index (κ1) is 14.4. The van der Waals surface area contributed by atoms with Crippen molar-refractivity contribution in [3.8, 4) is 5.75 Å². The number of carbonyl (C=O) groups excluding carboxylic acids is 2. The number of nitrogens with one attached hydrogen (secondary N) is 1. The molecule has 0 unspecified atom stereocenters. The summed E-state index contributed by atoms with van der Waals surface area (Å²) in [7, 11) is 0. The number of benzene rings is 1. The van der Waals surface area contributed by atoms with E-state index < -0.39 is 0 Å². The second kappa shape index (κ2) is 5.94. The van der Waals surface area contributed by atoms with Crippen molar-refractivity contribution in [2.24, 2.45) is 5.92 Å². The highest BCUT2D eigenvalue weighted by Gasteiger charge is 2.24. The molecular formula is C15H20N2O3. The van der Waals surface area contributed by atoms with Crippen LogP contribution in [0.3, 0.4) is 0 Å². The molecule has 0 saturated carbocycles. The lowest BCUT2D eigenvalue weighted by molar-refractivity contribution is -0.121. The van der Waals surface area contributed by atoms with Crippen molar-refractivity contribution in [3.05, 3.63) is 18.2 Å². The number of anilines is 2. The van der Waals surface area contributed by atoms with Gasteiger partial charge >= 0.3 is 0 Å². The van der Waals surface area contributed by atoms with Crippen LogP contribution in [-0.4, -0.2) is 25.0 Å². The van der Waals surface area contributed by atoms with Crippen LogP contribution in [-0.2, 0) is 9.59 Å². The zero-order valence-electron chi connectivity index (χ0n) is 12.1. The minimum atomic E-state index is -0.0642. The van der Waals surface area contributed by atoms with Gasteiger partial charge in [-0.3, -0.25) is 9.59 Å². The number of hydrogen-bond donors (Lipinski definition) is 1. The quantitative estimate of drug-likeness (QED) is 0.918. The van der Waals surface area contributed by atoms with E-state index in [1.165, 1.54) is 0 Å². The van der Waals surface area contributed by atoms with E-state index in [-0.39, 0.29) is 18.4 Å². The highest BCUT2D eigenvalue weighted by Crippen LogP contribution is 2.34. The van der Waals surface area contributed by atoms with Crippen LogP contribution in [0.1, 0.15) is 27.2 Å². The first-order valence-corrected chi connectivity index (χ1v) is 6.88. The summed E-state index contributed by atoms with van der Waals surface area (Å²) in [5.74, 6) is 0.898. The number of carbonyl (C=O) groups is 2. The molecule has 0 aromatic heterocycles. The van der Waals surface area contributed by atoms with E-state index in [0.717, 1.165) is 0 Å². The lowest BCUT2D eigenvalue weighted by atomic mass is 10.1. The molecule has 0 saturated heterocycles. The van der Waals surface area contributed by atoms with E-state index in [1.807, 2.05) is 20.8 Å². The molecule has 0 atom stereocenters. The Morgan fingerprint density at radius 1 is 1.45 bits per heavy atom. The van der Waals surface area contributed by atoms with Gasteiger partial charge in [0.1, 0.15) is 5.75 Å². The average molecular weight is 276 g/mol. The summed E-state index contributed by atoms with van der Waals surface area (Å²) in [5.41, 5.74) is 1.40. The Hall–Kier alpha value is -2.04. The summed E-state index contributed by atoms with van der Waals surface area (Å²) < 4.78 is 5.39. The molecule has 1 heterocycles. The van der Waals surface area contributed by atoms with Crippen LogP contribution < -0.4 is 15.0 Å². The number of rotatable bonds is 4. The zero-order chi connectivity index (χ0) is 14.7. The summed E-state index contributed by atoms with van der Waals surface area (Å²) in [6.07, 6.45) is 0.476. The van der Waals surface area contributed by atoms with Crippen LogP contribution in [0, 0.1) is 5.92 Å². The number of ether oxygens (including phenoxy) is 1. The smallest absolute Gasteiger partial charge is 0.265 e. The Morgan fingerprint density at radius 2 is 2.20 bits per heavy atom. The third-order valence-electron chi connectivity index (χ3n) is 3.10. The molecule has 2 rings (SSSR count). The molecule has 0 bridgehead atoms. The monoisotopic (exact) mass is 276 g/mol. The molecule has 5 nitrogen and oxygen atoms in total. The molecule has 1 aromatic rings. The van der Waals surface area contributed by atoms with Crippen molar-refractivity contribution in [1.82, 2.24) is 0 Å². The highest BCUT2D eigenvalue weighted by atomic mass is 16.5. The van der Waals surface area contributed by atoms with Crippen molar-refractivity contribution >= 4 is 23.2 Å². The summed E-state index contributed by atoms with van der Waals surface area (Å²) in [6.45, 7) is 6.56. The fourth-order valence-corrected chi connectivity index (χ4v) is 2.21. The predicted octanol–water partition coefficient (Wildman–Crippen LogP) is 2.42. The van der Waals surface area contributed by atoms with Gasteiger partial charge in [-0.05, 0) is 31.0 Å². The Labute approximate surface area is 118 Å². The minimum Gasteiger partial charge on any atom is -0.482 e. The maximum Gasteiger partial charge on any atom is 0.265 e. The van der Waals surface area contributed by atoms with Gasteiger partial charge in [0.05, 0.1) is 5.69 Å². The van der Waals surface area contributed by atoms with Crippen molar-refractivity contribution in [1.29, 1.82) is 0 Å². The summed E-state index contributed by atoms with van der Waals surface area (Å²) in [5, 5.41) is 2.85. The van der Waals surface area contributed by atoms with E-state index in [2.05, 4.69) is 5.32 Å². The molecule has 2 amide bonds. The van der Waals surface area contributed by atoms with Crippen LogP contribution in [0.25, 0.3) is 0 Å². The van der Waals surface area contributed by atoms with Gasteiger partial charge in [-0.15, -0.1) is 0 Å². The van der Waals surface area contributed by atoms with E-state index in [1.54, 1.807) is 23.1 Å². The summed E-state index contributed by atoms with van der Waals surface area (Å²) >= 11 is 0. The van der Waals surface area contributed by atoms with Gasteiger partial charge in [0.15, 0.2) is 6.61 Å². The topological polar surface area (TPSA) is 58.6 Å². The Bertz CT molecular complexity index is 526. The molecular weight excluding hydrogens is 256 g/mol. The van der Waals surface area contributed by atoms with E-state index >= 15 is 0 Å². The maximum absolute atomic E-state index is 11.8. The van der Waals surface area contributed by atoms with Crippen LogP contribution in [0.2, 0.25) is 0 Å². The number of nitrogens with zero attached hydrogens (tertiary/aromatic N) is 1. The SMILES string of the molecule is CCN1C(=O)COc2ccc(NC(=O)CC(C)C)cc21. The molecule has 108 valence electrons.